The second-order valence-electron chi connectivity index (χ2n) is 10.2. The van der Waals surface area contributed by atoms with Crippen molar-refractivity contribution in [2.24, 2.45) is 5.92 Å². The van der Waals surface area contributed by atoms with Crippen LogP contribution in [0, 0.1) is 5.92 Å². The number of thiazole rings is 1. The number of anilines is 1. The molecule has 1 aromatic carbocycles. The van der Waals surface area contributed by atoms with E-state index >= 15 is 0 Å². The molecule has 2 aromatic rings. The Balaban J connectivity index is 1.68. The van der Waals surface area contributed by atoms with E-state index in [2.05, 4.69) is 0 Å². The third-order valence-corrected chi connectivity index (χ3v) is 10.2. The number of ether oxygens (including phenoxy) is 3. The topological polar surface area (TPSA) is 202 Å². The van der Waals surface area contributed by atoms with E-state index < -0.39 is 52.4 Å². The number of hydrogen-bond acceptors (Lipinski definition) is 13. The number of hydrogen-bond donors (Lipinski definition) is 3. The molecule has 1 amide bonds. The van der Waals surface area contributed by atoms with Crippen LogP contribution in [0.25, 0.3) is 11.0 Å². The summed E-state index contributed by atoms with van der Waals surface area (Å²) in [5.41, 5.74) is 0.293. The lowest BCUT2D eigenvalue weighted by Gasteiger charge is -2.21. The summed E-state index contributed by atoms with van der Waals surface area (Å²) in [7, 11) is -4.25. The van der Waals surface area contributed by atoms with Crippen LogP contribution in [0.5, 0.6) is 17.2 Å². The Hall–Kier alpha value is -3.91. The van der Waals surface area contributed by atoms with Crippen molar-refractivity contribution >= 4 is 84.3 Å². The zero-order valence-corrected chi connectivity index (χ0v) is 26.8. The van der Waals surface area contributed by atoms with Gasteiger partial charge in [-0.25, -0.2) is 0 Å². The SMILES string of the molecule is CC(C)C(C=c1sc(=C2SC(=S)N(CC(=O)O)C2=O)n(CC(=O)O)c1=O)=C1Oc2cc3c(cc2N1CCCS(=O)(=O)O)OCO3. The predicted molar refractivity (Wildman–Crippen MR) is 166 cm³/mol. The van der Waals surface area contributed by atoms with E-state index in [1.54, 1.807) is 17.0 Å². The van der Waals surface area contributed by atoms with E-state index in [0.29, 0.717) is 28.5 Å². The van der Waals surface area contributed by atoms with Crippen molar-refractivity contribution in [1.29, 1.82) is 0 Å². The zero-order chi connectivity index (χ0) is 32.8. The molecule has 0 spiro atoms. The van der Waals surface area contributed by atoms with Gasteiger partial charge in [-0.1, -0.05) is 37.8 Å². The van der Waals surface area contributed by atoms with E-state index in [1.807, 2.05) is 13.8 Å². The summed E-state index contributed by atoms with van der Waals surface area (Å²) in [6.45, 7) is 2.28. The number of carbonyl (C=O) groups is 3. The lowest BCUT2D eigenvalue weighted by atomic mass is 10.0. The first-order chi connectivity index (χ1) is 21.1. The molecule has 1 aromatic heterocycles. The fraction of sp³-hybridized carbons (Fsp3) is 0.346. The summed E-state index contributed by atoms with van der Waals surface area (Å²) in [5, 5.41) is 18.7. The number of aromatic nitrogens is 1. The molecular weight excluding hydrogens is 675 g/mol. The van der Waals surface area contributed by atoms with Gasteiger partial charge < -0.3 is 29.3 Å². The summed E-state index contributed by atoms with van der Waals surface area (Å²) in [5.74, 6) is -2.72. The zero-order valence-electron chi connectivity index (χ0n) is 23.5. The van der Waals surface area contributed by atoms with E-state index in [9.17, 15) is 42.4 Å². The first-order valence-electron chi connectivity index (χ1n) is 13.2. The van der Waals surface area contributed by atoms with Crippen LogP contribution in [0.3, 0.4) is 0 Å². The fourth-order valence-corrected chi connectivity index (χ4v) is 7.70. The summed E-state index contributed by atoms with van der Waals surface area (Å²) in [6.07, 6.45) is 1.53. The standard InChI is InChI=1S/C26H25N3O12S4/c1-12(2)13(24-27(4-3-5-45(36,37)38)14-7-16-17(40-11-39-16)8-15(14)41-24)6-18-22(34)28(9-19(30)31)25(43-18)21-23(35)29(10-20(32)33)26(42)44-21/h6-8,12H,3-5,9-11H2,1-2H3,(H,30,31)(H,32,33)(H,36,37,38). The molecule has 19 heteroatoms. The van der Waals surface area contributed by atoms with Crippen molar-refractivity contribution in [2.45, 2.75) is 26.8 Å². The molecule has 3 N–H and O–H groups in total. The molecule has 0 saturated carbocycles. The van der Waals surface area contributed by atoms with Gasteiger partial charge in [0.25, 0.3) is 21.6 Å². The Bertz CT molecular complexity index is 1960. The Morgan fingerprint density at radius 1 is 1.07 bits per heavy atom. The smallest absolute Gasteiger partial charge is 0.323 e. The number of aliphatic carboxylic acids is 2. The minimum Gasteiger partial charge on any atom is -0.480 e. The number of amides is 1. The Morgan fingerprint density at radius 2 is 1.73 bits per heavy atom. The monoisotopic (exact) mass is 699 g/mol. The van der Waals surface area contributed by atoms with E-state index in [-0.39, 0.29) is 50.0 Å². The van der Waals surface area contributed by atoms with Crippen molar-refractivity contribution in [1.82, 2.24) is 9.47 Å². The van der Waals surface area contributed by atoms with Crippen LogP contribution >= 0.6 is 35.3 Å². The Morgan fingerprint density at radius 3 is 2.36 bits per heavy atom. The van der Waals surface area contributed by atoms with Crippen molar-refractivity contribution in [3.05, 3.63) is 43.1 Å². The normalized spacial score (nSPS) is 18.6. The molecule has 0 aliphatic carbocycles. The Labute approximate surface area is 268 Å². The molecule has 0 atom stereocenters. The largest absolute Gasteiger partial charge is 0.480 e. The van der Waals surface area contributed by atoms with Gasteiger partial charge >= 0.3 is 11.9 Å². The fourth-order valence-electron chi connectivity index (χ4n) is 4.70. The van der Waals surface area contributed by atoms with Gasteiger partial charge in [0.15, 0.2) is 17.2 Å². The van der Waals surface area contributed by atoms with Crippen LogP contribution in [0.15, 0.2) is 28.4 Å². The Kier molecular flexibility index (Phi) is 9.00. The third kappa shape index (κ3) is 6.71. The summed E-state index contributed by atoms with van der Waals surface area (Å²) < 4.78 is 50.3. The molecular formula is C26H25N3O12S4. The van der Waals surface area contributed by atoms with Gasteiger partial charge in [0, 0.05) is 24.3 Å². The van der Waals surface area contributed by atoms with Crippen LogP contribution in [0.4, 0.5) is 5.69 Å². The van der Waals surface area contributed by atoms with Crippen molar-refractivity contribution in [3.8, 4) is 17.2 Å². The van der Waals surface area contributed by atoms with Crippen LogP contribution < -0.4 is 33.9 Å². The highest BCUT2D eigenvalue weighted by Crippen LogP contribution is 2.48. The number of allylic oxidation sites excluding steroid dienone is 1. The lowest BCUT2D eigenvalue weighted by molar-refractivity contribution is -0.140. The number of benzene rings is 1. The van der Waals surface area contributed by atoms with E-state index in [4.69, 9.17) is 26.4 Å². The average molecular weight is 700 g/mol. The average Bonchev–Trinajstić information content (AvgIpc) is 3.67. The molecule has 45 heavy (non-hydrogen) atoms. The second kappa shape index (κ2) is 12.5. The van der Waals surface area contributed by atoms with Gasteiger partial charge in [-0.3, -0.25) is 33.2 Å². The van der Waals surface area contributed by atoms with Gasteiger partial charge in [-0.2, -0.15) is 8.42 Å². The van der Waals surface area contributed by atoms with Crippen LogP contribution in [-0.4, -0.2) is 80.5 Å². The summed E-state index contributed by atoms with van der Waals surface area (Å²) in [4.78, 5) is 52.2. The maximum Gasteiger partial charge on any atom is 0.323 e. The number of thiocarbonyl (C=S) groups is 1. The highest BCUT2D eigenvalue weighted by molar-refractivity contribution is 8.30. The van der Waals surface area contributed by atoms with Crippen molar-refractivity contribution in [3.63, 3.8) is 0 Å². The van der Waals surface area contributed by atoms with Crippen molar-refractivity contribution in [2.75, 3.05) is 30.5 Å². The summed E-state index contributed by atoms with van der Waals surface area (Å²) >= 11 is 6.78. The minimum absolute atomic E-state index is 0.00153. The maximum absolute atomic E-state index is 13.6. The van der Waals surface area contributed by atoms with Crippen molar-refractivity contribution < 1.29 is 51.8 Å². The van der Waals surface area contributed by atoms with Gasteiger partial charge in [0.1, 0.15) is 27.0 Å². The maximum atomic E-state index is 13.6. The molecule has 15 nitrogen and oxygen atoms in total. The number of thioether (sulfide) groups is 1. The number of carboxylic acids is 2. The van der Waals surface area contributed by atoms with Gasteiger partial charge in [-0.05, 0) is 18.4 Å². The minimum atomic E-state index is -4.25. The van der Waals surface area contributed by atoms with Gasteiger partial charge in [0.05, 0.1) is 16.0 Å². The second-order valence-corrected chi connectivity index (χ2v) is 14.4. The molecule has 3 aliphatic heterocycles. The number of carboxylic acid groups (broad SMARTS) is 2. The summed E-state index contributed by atoms with van der Waals surface area (Å²) in [6, 6.07) is 3.29. The van der Waals surface area contributed by atoms with E-state index in [0.717, 1.165) is 32.6 Å². The van der Waals surface area contributed by atoms with Crippen LogP contribution in [0.2, 0.25) is 0 Å². The number of nitrogens with zero attached hydrogens (tertiary/aromatic N) is 3. The number of carbonyl (C=O) groups excluding carboxylic acids is 1. The van der Waals surface area contributed by atoms with Crippen LogP contribution in [0.1, 0.15) is 20.3 Å². The lowest BCUT2D eigenvalue weighted by Crippen LogP contribution is -2.37. The van der Waals surface area contributed by atoms with Gasteiger partial charge in [-0.15, -0.1) is 11.3 Å². The highest BCUT2D eigenvalue weighted by atomic mass is 32.2. The first-order valence-corrected chi connectivity index (χ1v) is 16.8. The van der Waals surface area contributed by atoms with Crippen LogP contribution in [-0.2, 0) is 31.0 Å². The molecule has 240 valence electrons. The molecule has 0 radical (unpaired) electrons. The molecule has 1 saturated heterocycles. The highest BCUT2D eigenvalue weighted by Gasteiger charge is 2.36. The molecule has 5 rings (SSSR count). The molecule has 1 fully saturated rings. The van der Waals surface area contributed by atoms with E-state index in [1.165, 1.54) is 6.08 Å². The quantitative estimate of drug-likeness (QED) is 0.230. The number of fused-ring (bicyclic) bond motifs is 2. The molecule has 0 bridgehead atoms. The predicted octanol–water partition coefficient (Wildman–Crippen LogP) is 0.601. The first kappa shape index (κ1) is 32.5. The van der Waals surface area contributed by atoms with Gasteiger partial charge in [0.2, 0.25) is 12.7 Å². The molecule has 4 heterocycles. The molecule has 3 aliphatic rings. The number of rotatable bonds is 10. The molecule has 0 unspecified atom stereocenters. The third-order valence-electron chi connectivity index (χ3n) is 6.67.